The topological polar surface area (TPSA) is 49.9 Å². The van der Waals surface area contributed by atoms with Gasteiger partial charge in [-0.2, -0.15) is 0 Å². The third kappa shape index (κ3) is 4.53. The molecule has 0 fully saturated rings. The van der Waals surface area contributed by atoms with Crippen LogP contribution in [0.3, 0.4) is 0 Å². The number of ether oxygens (including phenoxy) is 1. The van der Waals surface area contributed by atoms with Crippen molar-refractivity contribution in [3.05, 3.63) is 101 Å². The summed E-state index contributed by atoms with van der Waals surface area (Å²) in [6.07, 6.45) is 0.0499. The van der Waals surface area contributed by atoms with Gasteiger partial charge in [-0.1, -0.05) is 60.7 Å². The number of carbonyl (C=O) groups excluding carboxylic acids is 2. The zero-order chi connectivity index (χ0) is 23.5. The Morgan fingerprint density at radius 1 is 0.848 bits per heavy atom. The number of para-hydroxylation sites is 1. The van der Waals surface area contributed by atoms with Gasteiger partial charge in [0.25, 0.3) is 11.8 Å². The highest BCUT2D eigenvalue weighted by molar-refractivity contribution is 6.45. The quantitative estimate of drug-likeness (QED) is 0.474. The van der Waals surface area contributed by atoms with E-state index in [9.17, 15) is 9.59 Å². The summed E-state index contributed by atoms with van der Waals surface area (Å²) >= 11 is 0. The number of nitrogens with zero attached hydrogens (tertiary/aromatic N) is 2. The number of likely N-dealkylation sites (N-methyl/N-ethyl adjacent to an activating group) is 1. The Bertz CT molecular complexity index is 1200. The maximum absolute atomic E-state index is 13.7. The molecule has 1 aliphatic heterocycles. The largest absolute Gasteiger partial charge is 0.491 e. The molecule has 0 radical (unpaired) electrons. The van der Waals surface area contributed by atoms with Crippen molar-refractivity contribution in [3.63, 3.8) is 0 Å². The molecule has 33 heavy (non-hydrogen) atoms. The highest BCUT2D eigenvalue weighted by Gasteiger charge is 2.42. The smallest absolute Gasteiger partial charge is 0.282 e. The Morgan fingerprint density at radius 2 is 1.48 bits per heavy atom. The van der Waals surface area contributed by atoms with Crippen molar-refractivity contribution in [2.24, 2.45) is 0 Å². The maximum atomic E-state index is 13.7. The molecule has 2 amide bonds. The van der Waals surface area contributed by atoms with E-state index in [0.717, 1.165) is 16.9 Å². The molecule has 0 saturated carbocycles. The Labute approximate surface area is 194 Å². The van der Waals surface area contributed by atoms with Gasteiger partial charge >= 0.3 is 0 Å². The van der Waals surface area contributed by atoms with Crippen molar-refractivity contribution in [1.29, 1.82) is 0 Å². The third-order valence-corrected chi connectivity index (χ3v) is 5.57. The summed E-state index contributed by atoms with van der Waals surface area (Å²) in [4.78, 5) is 30.5. The summed E-state index contributed by atoms with van der Waals surface area (Å²) < 4.78 is 5.75. The van der Waals surface area contributed by atoms with E-state index in [2.05, 4.69) is 0 Å². The van der Waals surface area contributed by atoms with Crippen molar-refractivity contribution in [2.75, 3.05) is 11.9 Å². The van der Waals surface area contributed by atoms with Crippen molar-refractivity contribution < 1.29 is 14.3 Å². The Hall–Kier alpha value is -3.86. The molecule has 0 unspecified atom stereocenters. The highest BCUT2D eigenvalue weighted by atomic mass is 16.5. The fraction of sp³-hybridized carbons (Fsp3) is 0.214. The minimum Gasteiger partial charge on any atom is -0.491 e. The summed E-state index contributed by atoms with van der Waals surface area (Å²) in [5.74, 6) is 0.0908. The SMILES string of the molecule is Cc1ccccc1N1C(=O)C(c2ccc(OC(C)C)cc2)=C(N(C)Cc2ccccc2)C1=O. The second-order valence-electron chi connectivity index (χ2n) is 8.49. The number of hydrogen-bond donors (Lipinski definition) is 0. The van der Waals surface area contributed by atoms with Crippen LogP contribution >= 0.6 is 0 Å². The first kappa shape index (κ1) is 22.3. The van der Waals surface area contributed by atoms with Crippen molar-refractivity contribution >= 4 is 23.1 Å². The normalized spacial score (nSPS) is 13.8. The summed E-state index contributed by atoms with van der Waals surface area (Å²) in [5.41, 5.74) is 4.01. The summed E-state index contributed by atoms with van der Waals surface area (Å²) in [6.45, 7) is 6.34. The number of aryl methyl sites for hydroxylation is 1. The molecule has 0 atom stereocenters. The average Bonchev–Trinajstić information content (AvgIpc) is 3.05. The molecule has 0 bridgehead atoms. The first-order valence-electron chi connectivity index (χ1n) is 11.1. The first-order valence-corrected chi connectivity index (χ1v) is 11.1. The van der Waals surface area contributed by atoms with Gasteiger partial charge in [0.1, 0.15) is 11.4 Å². The number of rotatable bonds is 7. The Morgan fingerprint density at radius 3 is 2.12 bits per heavy atom. The lowest BCUT2D eigenvalue weighted by Crippen LogP contribution is -2.34. The van der Waals surface area contributed by atoms with E-state index in [-0.39, 0.29) is 17.9 Å². The lowest BCUT2D eigenvalue weighted by Gasteiger charge is -2.22. The van der Waals surface area contributed by atoms with Gasteiger partial charge in [0, 0.05) is 13.6 Å². The molecule has 0 spiro atoms. The summed E-state index contributed by atoms with van der Waals surface area (Å²) in [6, 6.07) is 24.7. The Balaban J connectivity index is 1.78. The predicted octanol–water partition coefficient (Wildman–Crippen LogP) is 5.20. The van der Waals surface area contributed by atoms with Crippen LogP contribution in [0.5, 0.6) is 5.75 Å². The van der Waals surface area contributed by atoms with E-state index in [1.807, 2.05) is 112 Å². The first-order chi connectivity index (χ1) is 15.9. The lowest BCUT2D eigenvalue weighted by atomic mass is 10.0. The van der Waals surface area contributed by atoms with Gasteiger partial charge in [-0.15, -0.1) is 0 Å². The molecule has 0 aromatic heterocycles. The van der Waals surface area contributed by atoms with Crippen LogP contribution in [0, 0.1) is 6.92 Å². The molecule has 3 aromatic rings. The average molecular weight is 441 g/mol. The van der Waals surface area contributed by atoms with Gasteiger partial charge in [0.15, 0.2) is 0 Å². The molecular weight excluding hydrogens is 412 g/mol. The van der Waals surface area contributed by atoms with Gasteiger partial charge in [0.2, 0.25) is 0 Å². The van der Waals surface area contributed by atoms with E-state index in [1.54, 1.807) is 0 Å². The van der Waals surface area contributed by atoms with Crippen LogP contribution in [-0.2, 0) is 16.1 Å². The van der Waals surface area contributed by atoms with Gasteiger partial charge in [-0.25, -0.2) is 4.90 Å². The molecule has 3 aromatic carbocycles. The van der Waals surface area contributed by atoms with E-state index in [1.165, 1.54) is 4.90 Å². The summed E-state index contributed by atoms with van der Waals surface area (Å²) in [7, 11) is 1.85. The number of anilines is 1. The zero-order valence-corrected chi connectivity index (χ0v) is 19.4. The number of hydrogen-bond acceptors (Lipinski definition) is 4. The zero-order valence-electron chi connectivity index (χ0n) is 19.4. The molecule has 0 saturated heterocycles. The molecule has 5 nitrogen and oxygen atoms in total. The van der Waals surface area contributed by atoms with Crippen LogP contribution in [0.1, 0.15) is 30.5 Å². The predicted molar refractivity (Wildman–Crippen MR) is 131 cm³/mol. The van der Waals surface area contributed by atoms with Crippen molar-refractivity contribution in [3.8, 4) is 5.75 Å². The van der Waals surface area contributed by atoms with Gasteiger partial charge < -0.3 is 9.64 Å². The third-order valence-electron chi connectivity index (χ3n) is 5.57. The molecule has 4 rings (SSSR count). The summed E-state index contributed by atoms with van der Waals surface area (Å²) in [5, 5.41) is 0. The second kappa shape index (κ2) is 9.33. The standard InChI is InChI=1S/C28H28N2O3/c1-19(2)33-23-16-14-22(15-17-23)25-26(29(4)18-21-11-6-5-7-12-21)28(32)30(27(25)31)24-13-9-8-10-20(24)3/h5-17,19H,18H2,1-4H3. The molecule has 0 aliphatic carbocycles. The molecule has 0 N–H and O–H groups in total. The number of amides is 2. The van der Waals surface area contributed by atoms with Crippen LogP contribution in [-0.4, -0.2) is 29.9 Å². The Kier molecular flexibility index (Phi) is 6.31. The fourth-order valence-corrected chi connectivity index (χ4v) is 4.07. The van der Waals surface area contributed by atoms with Crippen LogP contribution in [0.15, 0.2) is 84.6 Å². The number of carbonyl (C=O) groups is 2. The van der Waals surface area contributed by atoms with E-state index < -0.39 is 0 Å². The molecule has 1 aliphatic rings. The van der Waals surface area contributed by atoms with Crippen LogP contribution in [0.4, 0.5) is 5.69 Å². The molecule has 168 valence electrons. The number of imide groups is 1. The van der Waals surface area contributed by atoms with Gasteiger partial charge in [-0.05, 0) is 55.7 Å². The van der Waals surface area contributed by atoms with Gasteiger partial charge in [0.05, 0.1) is 17.4 Å². The van der Waals surface area contributed by atoms with E-state index in [4.69, 9.17) is 4.74 Å². The lowest BCUT2D eigenvalue weighted by molar-refractivity contribution is -0.120. The highest BCUT2D eigenvalue weighted by Crippen LogP contribution is 2.36. The van der Waals surface area contributed by atoms with Crippen molar-refractivity contribution in [2.45, 2.75) is 33.4 Å². The molecular formula is C28H28N2O3. The molecule has 1 heterocycles. The minimum atomic E-state index is -0.318. The fourth-order valence-electron chi connectivity index (χ4n) is 4.07. The van der Waals surface area contributed by atoms with Crippen LogP contribution in [0.2, 0.25) is 0 Å². The number of benzene rings is 3. The maximum Gasteiger partial charge on any atom is 0.282 e. The van der Waals surface area contributed by atoms with E-state index in [0.29, 0.717) is 29.1 Å². The molecule has 5 heteroatoms. The van der Waals surface area contributed by atoms with E-state index >= 15 is 0 Å². The minimum absolute atomic E-state index is 0.0499. The van der Waals surface area contributed by atoms with Crippen LogP contribution < -0.4 is 9.64 Å². The van der Waals surface area contributed by atoms with Gasteiger partial charge in [-0.3, -0.25) is 9.59 Å². The van der Waals surface area contributed by atoms with Crippen molar-refractivity contribution in [1.82, 2.24) is 4.90 Å². The second-order valence-corrected chi connectivity index (χ2v) is 8.49. The monoisotopic (exact) mass is 440 g/mol. The van der Waals surface area contributed by atoms with Crippen LogP contribution in [0.25, 0.3) is 5.57 Å².